The predicted molar refractivity (Wildman–Crippen MR) is 75.8 cm³/mol. The Labute approximate surface area is 120 Å². The van der Waals surface area contributed by atoms with Crippen LogP contribution in [-0.4, -0.2) is 33.0 Å². The molecule has 2 N–H and O–H groups in total. The number of fused-ring (bicyclic) bond motifs is 1. The quantitative estimate of drug-likeness (QED) is 0.792. The van der Waals surface area contributed by atoms with Crippen LogP contribution in [0, 0.1) is 0 Å². The molecule has 3 aromatic rings. The average Bonchev–Trinajstić information content (AvgIpc) is 2.88. The Morgan fingerprint density at radius 3 is 2.80 bits per heavy atom. The van der Waals surface area contributed by atoms with Crippen LogP contribution in [0.4, 0.5) is 0 Å². The standard InChI is InChI=1S/C13H12ClN5O/c14-10-4-2-1-3-9(10)13-17-16-11-5-6-12(18-19(11)13)20-8-7-15/h1-6H,7-8,15H2. The Morgan fingerprint density at radius 2 is 2.00 bits per heavy atom. The molecular weight excluding hydrogens is 278 g/mol. The van der Waals surface area contributed by atoms with Crippen molar-refractivity contribution in [2.45, 2.75) is 0 Å². The summed E-state index contributed by atoms with van der Waals surface area (Å²) in [4.78, 5) is 0. The Balaban J connectivity index is 2.10. The Morgan fingerprint density at radius 1 is 1.15 bits per heavy atom. The number of rotatable bonds is 4. The first-order valence-corrected chi connectivity index (χ1v) is 6.47. The molecule has 102 valence electrons. The van der Waals surface area contributed by atoms with E-state index in [9.17, 15) is 0 Å². The first-order chi connectivity index (χ1) is 9.79. The van der Waals surface area contributed by atoms with Crippen LogP contribution in [0.5, 0.6) is 5.88 Å². The molecule has 0 saturated heterocycles. The van der Waals surface area contributed by atoms with E-state index in [4.69, 9.17) is 22.1 Å². The van der Waals surface area contributed by atoms with Gasteiger partial charge in [0.2, 0.25) is 5.88 Å². The molecule has 0 aliphatic rings. The molecule has 3 rings (SSSR count). The Bertz CT molecular complexity index is 742. The summed E-state index contributed by atoms with van der Waals surface area (Å²) in [6.07, 6.45) is 0. The number of hydrogen-bond donors (Lipinski definition) is 1. The smallest absolute Gasteiger partial charge is 0.231 e. The van der Waals surface area contributed by atoms with Crippen LogP contribution in [0.3, 0.4) is 0 Å². The lowest BCUT2D eigenvalue weighted by atomic mass is 10.2. The topological polar surface area (TPSA) is 78.3 Å². The van der Waals surface area contributed by atoms with Crippen LogP contribution in [-0.2, 0) is 0 Å². The number of ether oxygens (including phenoxy) is 1. The van der Waals surface area contributed by atoms with E-state index in [-0.39, 0.29) is 0 Å². The number of nitrogens with two attached hydrogens (primary N) is 1. The number of aromatic nitrogens is 4. The molecule has 0 fully saturated rings. The zero-order chi connectivity index (χ0) is 13.9. The molecule has 0 bridgehead atoms. The van der Waals surface area contributed by atoms with E-state index >= 15 is 0 Å². The van der Waals surface area contributed by atoms with Crippen molar-refractivity contribution in [3.8, 4) is 17.3 Å². The van der Waals surface area contributed by atoms with Gasteiger partial charge in [-0.2, -0.15) is 4.52 Å². The molecule has 2 aromatic heterocycles. The minimum Gasteiger partial charge on any atom is -0.475 e. The van der Waals surface area contributed by atoms with Gasteiger partial charge in [-0.05, 0) is 18.2 Å². The van der Waals surface area contributed by atoms with Crippen LogP contribution in [0.25, 0.3) is 17.0 Å². The van der Waals surface area contributed by atoms with Crippen molar-refractivity contribution in [3.05, 3.63) is 41.4 Å². The molecule has 20 heavy (non-hydrogen) atoms. The minimum absolute atomic E-state index is 0.405. The lowest BCUT2D eigenvalue weighted by Gasteiger charge is -2.05. The predicted octanol–water partition coefficient (Wildman–Crippen LogP) is 1.78. The lowest BCUT2D eigenvalue weighted by molar-refractivity contribution is 0.310. The normalized spacial score (nSPS) is 10.9. The number of benzene rings is 1. The maximum atomic E-state index is 6.18. The summed E-state index contributed by atoms with van der Waals surface area (Å²) in [5, 5.41) is 13.1. The van der Waals surface area contributed by atoms with Crippen molar-refractivity contribution in [2.75, 3.05) is 13.2 Å². The summed E-state index contributed by atoms with van der Waals surface area (Å²) < 4.78 is 7.01. The SMILES string of the molecule is NCCOc1ccc2nnc(-c3ccccc3Cl)n2n1. The van der Waals surface area contributed by atoms with Gasteiger partial charge >= 0.3 is 0 Å². The maximum absolute atomic E-state index is 6.18. The van der Waals surface area contributed by atoms with Crippen molar-refractivity contribution >= 4 is 17.2 Å². The molecule has 0 aliphatic heterocycles. The van der Waals surface area contributed by atoms with E-state index in [2.05, 4.69) is 15.3 Å². The number of halogens is 1. The molecule has 0 saturated carbocycles. The zero-order valence-electron chi connectivity index (χ0n) is 10.5. The Kier molecular flexibility index (Phi) is 3.49. The molecule has 0 atom stereocenters. The van der Waals surface area contributed by atoms with E-state index in [0.29, 0.717) is 35.5 Å². The molecule has 0 radical (unpaired) electrons. The third-order valence-corrected chi connectivity index (χ3v) is 3.05. The minimum atomic E-state index is 0.405. The highest BCUT2D eigenvalue weighted by Gasteiger charge is 2.12. The summed E-state index contributed by atoms with van der Waals surface area (Å²) in [6, 6.07) is 10.9. The fourth-order valence-corrected chi connectivity index (χ4v) is 2.04. The van der Waals surface area contributed by atoms with Crippen molar-refractivity contribution in [3.63, 3.8) is 0 Å². The van der Waals surface area contributed by atoms with Gasteiger partial charge in [-0.1, -0.05) is 23.7 Å². The number of hydrogen-bond acceptors (Lipinski definition) is 5. The van der Waals surface area contributed by atoms with Gasteiger partial charge in [0.25, 0.3) is 0 Å². The second kappa shape index (κ2) is 5.44. The van der Waals surface area contributed by atoms with E-state index in [1.54, 1.807) is 22.7 Å². The molecule has 0 spiro atoms. The first-order valence-electron chi connectivity index (χ1n) is 6.10. The summed E-state index contributed by atoms with van der Waals surface area (Å²) >= 11 is 6.18. The maximum Gasteiger partial charge on any atom is 0.231 e. The molecule has 0 amide bonds. The van der Waals surface area contributed by atoms with Crippen molar-refractivity contribution < 1.29 is 4.74 Å². The van der Waals surface area contributed by atoms with Gasteiger partial charge in [-0.15, -0.1) is 15.3 Å². The van der Waals surface area contributed by atoms with Crippen LogP contribution in [0.1, 0.15) is 0 Å². The van der Waals surface area contributed by atoms with E-state index in [1.807, 2.05) is 18.2 Å². The van der Waals surface area contributed by atoms with Crippen LogP contribution in [0.15, 0.2) is 36.4 Å². The molecule has 6 nitrogen and oxygen atoms in total. The van der Waals surface area contributed by atoms with Gasteiger partial charge < -0.3 is 10.5 Å². The van der Waals surface area contributed by atoms with Crippen LogP contribution < -0.4 is 10.5 Å². The van der Waals surface area contributed by atoms with Gasteiger partial charge in [0.05, 0.1) is 5.02 Å². The highest BCUT2D eigenvalue weighted by Crippen LogP contribution is 2.26. The van der Waals surface area contributed by atoms with Crippen LogP contribution in [0.2, 0.25) is 5.02 Å². The Hall–Kier alpha value is -2.18. The fourth-order valence-electron chi connectivity index (χ4n) is 1.82. The summed E-state index contributed by atoms with van der Waals surface area (Å²) in [5.74, 6) is 1.04. The van der Waals surface area contributed by atoms with Gasteiger partial charge in [0.15, 0.2) is 11.5 Å². The van der Waals surface area contributed by atoms with Crippen molar-refractivity contribution in [1.29, 1.82) is 0 Å². The summed E-state index contributed by atoms with van der Waals surface area (Å²) in [7, 11) is 0. The van der Waals surface area contributed by atoms with E-state index < -0.39 is 0 Å². The zero-order valence-corrected chi connectivity index (χ0v) is 11.3. The highest BCUT2D eigenvalue weighted by molar-refractivity contribution is 6.33. The average molecular weight is 290 g/mol. The van der Waals surface area contributed by atoms with Gasteiger partial charge in [-0.25, -0.2) is 0 Å². The third kappa shape index (κ3) is 2.31. The summed E-state index contributed by atoms with van der Waals surface area (Å²) in [5.41, 5.74) is 6.80. The largest absolute Gasteiger partial charge is 0.475 e. The second-order valence-electron chi connectivity index (χ2n) is 4.08. The van der Waals surface area contributed by atoms with Crippen molar-refractivity contribution in [2.24, 2.45) is 5.73 Å². The monoisotopic (exact) mass is 289 g/mol. The molecular formula is C13H12ClN5O. The molecule has 7 heteroatoms. The lowest BCUT2D eigenvalue weighted by Crippen LogP contribution is -2.12. The molecule has 1 aromatic carbocycles. The van der Waals surface area contributed by atoms with E-state index in [1.165, 1.54) is 0 Å². The van der Waals surface area contributed by atoms with Crippen molar-refractivity contribution in [1.82, 2.24) is 19.8 Å². The second-order valence-corrected chi connectivity index (χ2v) is 4.49. The first kappa shape index (κ1) is 12.8. The summed E-state index contributed by atoms with van der Waals surface area (Å²) in [6.45, 7) is 0.835. The van der Waals surface area contributed by atoms with Crippen LogP contribution >= 0.6 is 11.6 Å². The van der Waals surface area contributed by atoms with Gasteiger partial charge in [0, 0.05) is 18.2 Å². The van der Waals surface area contributed by atoms with Gasteiger partial charge in [0.1, 0.15) is 6.61 Å². The van der Waals surface area contributed by atoms with E-state index in [0.717, 1.165) is 5.56 Å². The van der Waals surface area contributed by atoms with Gasteiger partial charge in [-0.3, -0.25) is 0 Å². The fraction of sp³-hybridized carbons (Fsp3) is 0.154. The number of nitrogens with zero attached hydrogens (tertiary/aromatic N) is 4. The highest BCUT2D eigenvalue weighted by atomic mass is 35.5. The molecule has 0 unspecified atom stereocenters. The third-order valence-electron chi connectivity index (χ3n) is 2.72. The molecule has 2 heterocycles. The molecule has 0 aliphatic carbocycles.